The van der Waals surface area contributed by atoms with Gasteiger partial charge >= 0.3 is 0 Å². The van der Waals surface area contributed by atoms with Gasteiger partial charge in [0.15, 0.2) is 10.8 Å². The van der Waals surface area contributed by atoms with E-state index in [1.165, 1.54) is 11.8 Å². The van der Waals surface area contributed by atoms with Crippen LogP contribution in [0.25, 0.3) is 16.7 Å². The van der Waals surface area contributed by atoms with Crippen LogP contribution in [-0.4, -0.2) is 31.0 Å². The molecule has 162 valence electrons. The maximum absolute atomic E-state index is 13.3. The van der Waals surface area contributed by atoms with E-state index < -0.39 is 0 Å². The lowest BCUT2D eigenvalue weighted by molar-refractivity contribution is -0.116. The van der Waals surface area contributed by atoms with Gasteiger partial charge in [-0.25, -0.2) is 9.67 Å². The van der Waals surface area contributed by atoms with Gasteiger partial charge in [-0.3, -0.25) is 14.2 Å². The number of fused-ring (bicyclic) bond motifs is 2. The SMILES string of the molecule is Cc1cc(C)cc(NC(=O)CC2CSc3nc4c(cnn4-c4ccccc4C)c(=O)n32)c1. The highest BCUT2D eigenvalue weighted by Gasteiger charge is 2.29. The molecule has 2 aromatic carbocycles. The number of carbonyl (C=O) groups is 1. The van der Waals surface area contributed by atoms with E-state index in [2.05, 4.69) is 16.5 Å². The summed E-state index contributed by atoms with van der Waals surface area (Å²) in [4.78, 5) is 30.8. The molecule has 32 heavy (non-hydrogen) atoms. The molecular formula is C24H23N5O2S. The zero-order valence-corrected chi connectivity index (χ0v) is 18.9. The van der Waals surface area contributed by atoms with Gasteiger partial charge in [0, 0.05) is 17.9 Å². The Morgan fingerprint density at radius 1 is 1.16 bits per heavy atom. The molecule has 0 radical (unpaired) electrons. The lowest BCUT2D eigenvalue weighted by Gasteiger charge is -2.14. The Kier molecular flexibility index (Phi) is 5.09. The molecule has 4 aromatic rings. The third-order valence-corrected chi connectivity index (χ3v) is 6.74. The highest BCUT2D eigenvalue weighted by Crippen LogP contribution is 2.33. The zero-order chi connectivity index (χ0) is 22.4. The number of nitrogens with zero attached hydrogens (tertiary/aromatic N) is 4. The molecule has 2 aromatic heterocycles. The standard InChI is InChI=1S/C24H23N5O2S/c1-14-8-15(2)10-17(9-14)26-21(30)11-18-13-32-24-27-22-19(23(31)28(18)24)12-25-29(22)20-7-5-4-6-16(20)3/h4-10,12,18H,11,13H2,1-3H3,(H,26,30). The Labute approximate surface area is 189 Å². The van der Waals surface area contributed by atoms with E-state index in [0.717, 1.165) is 28.1 Å². The maximum atomic E-state index is 13.3. The molecule has 0 aliphatic carbocycles. The topological polar surface area (TPSA) is 81.8 Å². The van der Waals surface area contributed by atoms with Gasteiger partial charge in [0.25, 0.3) is 5.56 Å². The average molecular weight is 446 g/mol. The maximum Gasteiger partial charge on any atom is 0.265 e. The summed E-state index contributed by atoms with van der Waals surface area (Å²) in [5.41, 5.74) is 5.30. The summed E-state index contributed by atoms with van der Waals surface area (Å²) in [6, 6.07) is 13.6. The normalized spacial score (nSPS) is 15.2. The number of aromatic nitrogens is 4. The lowest BCUT2D eigenvalue weighted by Crippen LogP contribution is -2.27. The second kappa shape index (κ2) is 7.94. The Morgan fingerprint density at radius 2 is 1.91 bits per heavy atom. The van der Waals surface area contributed by atoms with Crippen LogP contribution in [0, 0.1) is 20.8 Å². The predicted octanol–water partition coefficient (Wildman–Crippen LogP) is 4.18. The van der Waals surface area contributed by atoms with Crippen LogP contribution < -0.4 is 10.9 Å². The first-order valence-corrected chi connectivity index (χ1v) is 11.5. The summed E-state index contributed by atoms with van der Waals surface area (Å²) in [7, 11) is 0. The number of carbonyl (C=O) groups excluding carboxylic acids is 1. The molecule has 1 aliphatic heterocycles. The first-order valence-electron chi connectivity index (χ1n) is 10.5. The van der Waals surface area contributed by atoms with Crippen LogP contribution in [0.1, 0.15) is 29.2 Å². The van der Waals surface area contributed by atoms with Crippen molar-refractivity contribution < 1.29 is 4.79 Å². The summed E-state index contributed by atoms with van der Waals surface area (Å²) < 4.78 is 3.37. The first kappa shape index (κ1) is 20.5. The highest BCUT2D eigenvalue weighted by atomic mass is 32.2. The number of anilines is 1. The number of amides is 1. The molecule has 1 atom stereocenters. The summed E-state index contributed by atoms with van der Waals surface area (Å²) >= 11 is 1.50. The molecular weight excluding hydrogens is 422 g/mol. The Hall–Kier alpha value is -3.39. The van der Waals surface area contributed by atoms with E-state index in [1.807, 2.05) is 57.2 Å². The van der Waals surface area contributed by atoms with Crippen LogP contribution in [0.3, 0.4) is 0 Å². The number of nitrogens with one attached hydrogen (secondary N) is 1. The molecule has 1 unspecified atom stereocenters. The number of hydrogen-bond acceptors (Lipinski definition) is 5. The van der Waals surface area contributed by atoms with E-state index in [0.29, 0.717) is 21.9 Å². The van der Waals surface area contributed by atoms with E-state index in [1.54, 1.807) is 15.4 Å². The minimum absolute atomic E-state index is 0.115. The van der Waals surface area contributed by atoms with Crippen LogP contribution in [0.5, 0.6) is 0 Å². The number of rotatable bonds is 4. The van der Waals surface area contributed by atoms with E-state index in [4.69, 9.17) is 4.98 Å². The summed E-state index contributed by atoms with van der Waals surface area (Å²) in [6.07, 6.45) is 1.78. The van der Waals surface area contributed by atoms with Crippen LogP contribution in [0.15, 0.2) is 58.6 Å². The second-order valence-corrected chi connectivity index (χ2v) is 9.23. The van der Waals surface area contributed by atoms with Gasteiger partial charge < -0.3 is 5.32 Å². The number of thioether (sulfide) groups is 1. The van der Waals surface area contributed by atoms with Crippen molar-refractivity contribution in [2.45, 2.75) is 38.4 Å². The Morgan fingerprint density at radius 3 is 2.66 bits per heavy atom. The van der Waals surface area contributed by atoms with Crippen molar-refractivity contribution in [3.8, 4) is 5.69 Å². The molecule has 3 heterocycles. The van der Waals surface area contributed by atoms with Crippen molar-refractivity contribution in [1.82, 2.24) is 19.3 Å². The average Bonchev–Trinajstić information content (AvgIpc) is 3.32. The highest BCUT2D eigenvalue weighted by molar-refractivity contribution is 7.99. The number of aryl methyl sites for hydroxylation is 3. The molecule has 0 bridgehead atoms. The lowest BCUT2D eigenvalue weighted by atomic mass is 10.1. The first-order chi connectivity index (χ1) is 15.4. The van der Waals surface area contributed by atoms with Gasteiger partial charge in [-0.15, -0.1) is 0 Å². The van der Waals surface area contributed by atoms with Gasteiger partial charge in [0.05, 0.1) is 17.9 Å². The van der Waals surface area contributed by atoms with Gasteiger partial charge in [-0.05, 0) is 55.7 Å². The van der Waals surface area contributed by atoms with Crippen LogP contribution in [-0.2, 0) is 4.79 Å². The third-order valence-electron chi connectivity index (χ3n) is 5.64. The number of benzene rings is 2. The predicted molar refractivity (Wildman–Crippen MR) is 127 cm³/mol. The smallest absolute Gasteiger partial charge is 0.265 e. The molecule has 8 heteroatoms. The Bertz CT molecular complexity index is 1400. The van der Waals surface area contributed by atoms with Crippen LogP contribution in [0.4, 0.5) is 5.69 Å². The largest absolute Gasteiger partial charge is 0.326 e. The summed E-state index contributed by atoms with van der Waals surface area (Å²) in [5.74, 6) is 0.517. The minimum Gasteiger partial charge on any atom is -0.326 e. The van der Waals surface area contributed by atoms with Crippen molar-refractivity contribution >= 4 is 34.4 Å². The quantitative estimate of drug-likeness (QED) is 0.477. The van der Waals surface area contributed by atoms with Crippen molar-refractivity contribution in [3.63, 3.8) is 0 Å². The van der Waals surface area contributed by atoms with Gasteiger partial charge in [0.1, 0.15) is 5.39 Å². The monoisotopic (exact) mass is 445 g/mol. The van der Waals surface area contributed by atoms with Crippen molar-refractivity contribution in [3.05, 3.63) is 75.7 Å². The van der Waals surface area contributed by atoms with Gasteiger partial charge in [-0.1, -0.05) is 36.0 Å². The summed E-state index contributed by atoms with van der Waals surface area (Å²) in [5, 5.41) is 8.49. The van der Waals surface area contributed by atoms with Crippen molar-refractivity contribution in [2.75, 3.05) is 11.1 Å². The fourth-order valence-corrected chi connectivity index (χ4v) is 5.36. The fraction of sp³-hybridized carbons (Fsp3) is 0.250. The fourth-order valence-electron chi connectivity index (χ4n) is 4.23. The van der Waals surface area contributed by atoms with Crippen LogP contribution >= 0.6 is 11.8 Å². The molecule has 1 aliphatic rings. The third kappa shape index (κ3) is 3.60. The number of hydrogen-bond donors (Lipinski definition) is 1. The summed E-state index contributed by atoms with van der Waals surface area (Å²) in [6.45, 7) is 6.00. The number of para-hydroxylation sites is 1. The Balaban J connectivity index is 1.45. The van der Waals surface area contributed by atoms with E-state index in [-0.39, 0.29) is 23.9 Å². The van der Waals surface area contributed by atoms with Crippen molar-refractivity contribution in [2.24, 2.45) is 0 Å². The molecule has 1 N–H and O–H groups in total. The molecule has 1 amide bonds. The molecule has 0 spiro atoms. The molecule has 0 saturated carbocycles. The van der Waals surface area contributed by atoms with Gasteiger partial charge in [0.2, 0.25) is 5.91 Å². The molecule has 0 fully saturated rings. The second-order valence-electron chi connectivity index (χ2n) is 8.24. The van der Waals surface area contributed by atoms with Gasteiger partial charge in [-0.2, -0.15) is 5.10 Å². The van der Waals surface area contributed by atoms with E-state index >= 15 is 0 Å². The molecule has 7 nitrogen and oxygen atoms in total. The molecule has 5 rings (SSSR count). The van der Waals surface area contributed by atoms with E-state index in [9.17, 15) is 9.59 Å². The minimum atomic E-state index is -0.243. The molecule has 0 saturated heterocycles. The zero-order valence-electron chi connectivity index (χ0n) is 18.1. The van der Waals surface area contributed by atoms with Crippen molar-refractivity contribution in [1.29, 1.82) is 0 Å². The van der Waals surface area contributed by atoms with Crippen LogP contribution in [0.2, 0.25) is 0 Å².